The Hall–Kier alpha value is -3.17. The summed E-state index contributed by atoms with van der Waals surface area (Å²) in [7, 11) is 1.57. The smallest absolute Gasteiger partial charge is 0.403 e. The predicted molar refractivity (Wildman–Crippen MR) is 117 cm³/mol. The van der Waals surface area contributed by atoms with Crippen molar-refractivity contribution in [3.05, 3.63) is 36.0 Å². The van der Waals surface area contributed by atoms with Gasteiger partial charge in [0.15, 0.2) is 17.6 Å². The molecule has 0 bridgehead atoms. The Kier molecular flexibility index (Phi) is 4.99. The minimum atomic E-state index is -0.872. The number of benzene rings is 2. The van der Waals surface area contributed by atoms with Crippen molar-refractivity contribution in [2.75, 3.05) is 20.3 Å². The zero-order valence-corrected chi connectivity index (χ0v) is 18.1. The Morgan fingerprint density at radius 3 is 2.97 bits per heavy atom. The van der Waals surface area contributed by atoms with Crippen LogP contribution in [0, 0.1) is 6.92 Å². The number of hydrogen-bond acceptors (Lipinski definition) is 9. The number of methoxy groups -OCH3 is 1. The Labute approximate surface area is 185 Å². The van der Waals surface area contributed by atoms with Crippen LogP contribution in [0.25, 0.3) is 31.8 Å². The summed E-state index contributed by atoms with van der Waals surface area (Å²) in [4.78, 5) is 24.7. The van der Waals surface area contributed by atoms with Crippen molar-refractivity contribution < 1.29 is 23.7 Å². The van der Waals surface area contributed by atoms with Gasteiger partial charge in [0.05, 0.1) is 29.9 Å². The molecule has 1 aliphatic heterocycles. The van der Waals surface area contributed by atoms with Crippen molar-refractivity contribution in [2.45, 2.75) is 13.0 Å². The Morgan fingerprint density at radius 1 is 1.29 bits per heavy atom. The number of thiazole rings is 1. The molecule has 8 nitrogen and oxygen atoms in total. The number of halogens is 1. The molecule has 5 rings (SSSR count). The second-order valence-corrected chi connectivity index (χ2v) is 8.26. The third kappa shape index (κ3) is 3.70. The molecule has 0 spiro atoms. The highest BCUT2D eigenvalue weighted by atomic mass is 35.5. The summed E-state index contributed by atoms with van der Waals surface area (Å²) in [6, 6.07) is 7.69. The van der Waals surface area contributed by atoms with Gasteiger partial charge in [-0.3, -0.25) is 0 Å². The second kappa shape index (κ2) is 7.82. The number of carbonyl (C=O) groups excluding carboxylic acids is 1. The molecule has 2 aromatic heterocycles. The lowest BCUT2D eigenvalue weighted by Gasteiger charge is -2.26. The van der Waals surface area contributed by atoms with Gasteiger partial charge in [0.25, 0.3) is 0 Å². The fourth-order valence-corrected chi connectivity index (χ4v) is 4.57. The quantitative estimate of drug-likeness (QED) is 0.406. The van der Waals surface area contributed by atoms with Crippen molar-refractivity contribution in [3.8, 4) is 28.0 Å². The topological polar surface area (TPSA) is 92.7 Å². The molecule has 0 radical (unpaired) electrons. The highest BCUT2D eigenvalue weighted by Gasteiger charge is 2.26. The number of aromatic nitrogens is 3. The molecule has 1 atom stereocenters. The van der Waals surface area contributed by atoms with E-state index in [1.54, 1.807) is 19.4 Å². The van der Waals surface area contributed by atoms with Crippen molar-refractivity contribution in [1.82, 2.24) is 15.0 Å². The Morgan fingerprint density at radius 2 is 2.16 bits per heavy atom. The number of hydrogen-bond donors (Lipinski definition) is 0. The molecule has 0 aliphatic carbocycles. The van der Waals surface area contributed by atoms with Gasteiger partial charge in [0, 0.05) is 17.2 Å². The van der Waals surface area contributed by atoms with Crippen LogP contribution in [0.3, 0.4) is 0 Å². The summed E-state index contributed by atoms with van der Waals surface area (Å²) in [6.45, 7) is 2.26. The fourth-order valence-electron chi connectivity index (χ4n) is 3.43. The summed E-state index contributed by atoms with van der Waals surface area (Å²) in [5.74, 6) is 1.66. The highest BCUT2D eigenvalue weighted by molar-refractivity contribution is 7.22. The number of rotatable bonds is 4. The normalized spacial score (nSPS) is 15.3. The van der Waals surface area contributed by atoms with Crippen LogP contribution in [0.2, 0.25) is 0 Å². The predicted octanol–water partition coefficient (Wildman–Crippen LogP) is 4.74. The first-order chi connectivity index (χ1) is 15.0. The number of carbonyl (C=O) groups is 1. The van der Waals surface area contributed by atoms with Crippen LogP contribution < -0.4 is 14.2 Å². The van der Waals surface area contributed by atoms with Crippen LogP contribution in [-0.4, -0.2) is 46.8 Å². The van der Waals surface area contributed by atoms with E-state index in [4.69, 9.17) is 35.5 Å². The van der Waals surface area contributed by atoms with Gasteiger partial charge in [-0.2, -0.15) is 0 Å². The van der Waals surface area contributed by atoms with Crippen LogP contribution in [-0.2, 0) is 4.74 Å². The molecule has 10 heteroatoms. The number of aryl methyl sites for hydroxylation is 1. The number of ether oxygens (including phenoxy) is 4. The number of nitrogens with zero attached hydrogens (tertiary/aromatic N) is 3. The molecule has 0 fully saturated rings. The average molecular weight is 458 g/mol. The first kappa shape index (κ1) is 19.8. The van der Waals surface area contributed by atoms with E-state index in [2.05, 4.69) is 9.97 Å². The molecule has 2 aromatic carbocycles. The van der Waals surface area contributed by atoms with Crippen molar-refractivity contribution in [2.24, 2.45) is 0 Å². The largest absolute Gasteiger partial charge is 0.484 e. The second-order valence-electron chi connectivity index (χ2n) is 6.95. The van der Waals surface area contributed by atoms with Gasteiger partial charge < -0.3 is 18.9 Å². The van der Waals surface area contributed by atoms with E-state index in [9.17, 15) is 4.79 Å². The third-order valence-electron chi connectivity index (χ3n) is 4.77. The van der Waals surface area contributed by atoms with E-state index in [0.29, 0.717) is 17.4 Å². The van der Waals surface area contributed by atoms with E-state index >= 15 is 0 Å². The van der Waals surface area contributed by atoms with Gasteiger partial charge in [0.1, 0.15) is 22.9 Å². The first-order valence-electron chi connectivity index (χ1n) is 9.39. The molecule has 0 N–H and O–H groups in total. The van der Waals surface area contributed by atoms with Gasteiger partial charge in [-0.15, -0.1) is 11.3 Å². The Balaban J connectivity index is 1.55. The van der Waals surface area contributed by atoms with Gasteiger partial charge in [-0.25, -0.2) is 19.7 Å². The zero-order chi connectivity index (χ0) is 21.5. The van der Waals surface area contributed by atoms with Crippen LogP contribution in [0.1, 0.15) is 5.56 Å². The van der Waals surface area contributed by atoms with Crippen molar-refractivity contribution >= 4 is 49.6 Å². The molecular weight excluding hydrogens is 442 g/mol. The third-order valence-corrected chi connectivity index (χ3v) is 5.99. The van der Waals surface area contributed by atoms with Crippen LogP contribution >= 0.6 is 22.9 Å². The van der Waals surface area contributed by atoms with E-state index in [1.807, 2.05) is 25.1 Å². The minimum Gasteiger partial charge on any atom is -0.484 e. The lowest BCUT2D eigenvalue weighted by molar-refractivity contribution is 0.0413. The summed E-state index contributed by atoms with van der Waals surface area (Å²) >= 11 is 6.72. The SMILES string of the molecule is COc1cnc2c(-c3nc4ccc5c(c4s3)OC[C@H](COC(=O)Cl)O5)cc(C)cc2n1. The van der Waals surface area contributed by atoms with Gasteiger partial charge in [0.2, 0.25) is 5.88 Å². The minimum absolute atomic E-state index is 0.0190. The van der Waals surface area contributed by atoms with Crippen LogP contribution in [0.4, 0.5) is 4.79 Å². The van der Waals surface area contributed by atoms with Crippen molar-refractivity contribution in [3.63, 3.8) is 0 Å². The lowest BCUT2D eigenvalue weighted by Crippen LogP contribution is -2.33. The highest BCUT2D eigenvalue weighted by Crippen LogP contribution is 2.44. The lowest BCUT2D eigenvalue weighted by atomic mass is 10.1. The van der Waals surface area contributed by atoms with Gasteiger partial charge >= 0.3 is 5.43 Å². The zero-order valence-electron chi connectivity index (χ0n) is 16.5. The summed E-state index contributed by atoms with van der Waals surface area (Å²) in [5, 5.41) is 0.804. The maximum atomic E-state index is 10.8. The van der Waals surface area contributed by atoms with Gasteiger partial charge in [-0.05, 0) is 36.8 Å². The molecule has 3 heterocycles. The maximum Gasteiger partial charge on any atom is 0.403 e. The first-order valence-corrected chi connectivity index (χ1v) is 10.6. The Bertz CT molecular complexity index is 1330. The molecule has 31 heavy (non-hydrogen) atoms. The van der Waals surface area contributed by atoms with Gasteiger partial charge in [-0.1, -0.05) is 0 Å². The fraction of sp³-hybridized carbons (Fsp3) is 0.238. The molecular formula is C21H16ClN3O5S. The molecule has 0 saturated carbocycles. The average Bonchev–Trinajstić information content (AvgIpc) is 3.21. The summed E-state index contributed by atoms with van der Waals surface area (Å²) in [5.41, 5.74) is 3.35. The monoisotopic (exact) mass is 457 g/mol. The van der Waals surface area contributed by atoms with Crippen molar-refractivity contribution in [1.29, 1.82) is 0 Å². The molecule has 0 amide bonds. The van der Waals surface area contributed by atoms with E-state index in [1.165, 1.54) is 11.3 Å². The van der Waals surface area contributed by atoms with E-state index in [-0.39, 0.29) is 13.2 Å². The molecule has 4 aromatic rings. The van der Waals surface area contributed by atoms with E-state index in [0.717, 1.165) is 37.4 Å². The molecule has 0 unspecified atom stereocenters. The summed E-state index contributed by atoms with van der Waals surface area (Å²) < 4.78 is 22.7. The summed E-state index contributed by atoms with van der Waals surface area (Å²) in [6.07, 6.45) is 1.17. The van der Waals surface area contributed by atoms with Crippen LogP contribution in [0.15, 0.2) is 30.5 Å². The maximum absolute atomic E-state index is 10.8. The standard InChI is InChI=1S/C21H16ClN3O5S/c1-10-5-12(17-14(6-10)24-16(27-2)7-23-17)20-25-13-3-4-15-18(19(13)31-20)28-8-11(30-15)9-29-21(22)26/h3-7,11H,8-9H2,1-2H3/t11-/m1/s1. The molecule has 1 aliphatic rings. The number of fused-ring (bicyclic) bond motifs is 4. The molecule has 0 saturated heterocycles. The van der Waals surface area contributed by atoms with E-state index < -0.39 is 11.5 Å². The molecule has 158 valence electrons. The van der Waals surface area contributed by atoms with Crippen LogP contribution in [0.5, 0.6) is 17.4 Å².